The van der Waals surface area contributed by atoms with Crippen LogP contribution in [0.15, 0.2) is 30.3 Å². The minimum atomic E-state index is -0.164. The Balaban J connectivity index is 1.53. The lowest BCUT2D eigenvalue weighted by Crippen LogP contribution is -2.22. The van der Waals surface area contributed by atoms with Crippen molar-refractivity contribution in [1.82, 2.24) is 20.1 Å². The van der Waals surface area contributed by atoms with Crippen LogP contribution in [0.5, 0.6) is 5.75 Å². The van der Waals surface area contributed by atoms with Crippen molar-refractivity contribution in [3.05, 3.63) is 47.6 Å². The lowest BCUT2D eigenvalue weighted by atomic mass is 10.2. The smallest absolute Gasteiger partial charge is 0.244 e. The summed E-state index contributed by atoms with van der Waals surface area (Å²) in [6, 6.07) is 7.84. The van der Waals surface area contributed by atoms with Gasteiger partial charge in [0.1, 0.15) is 11.6 Å². The quantitative estimate of drug-likeness (QED) is 0.821. The van der Waals surface area contributed by atoms with Crippen molar-refractivity contribution in [2.24, 2.45) is 7.05 Å². The van der Waals surface area contributed by atoms with E-state index >= 15 is 0 Å². The molecular formula is C19H24N4O2. The van der Waals surface area contributed by atoms with Gasteiger partial charge in [-0.05, 0) is 56.4 Å². The number of aromatic nitrogens is 3. The molecular weight excluding hydrogens is 316 g/mol. The minimum Gasteiger partial charge on any atom is -0.490 e. The van der Waals surface area contributed by atoms with E-state index in [0.29, 0.717) is 12.6 Å². The highest BCUT2D eigenvalue weighted by atomic mass is 16.5. The van der Waals surface area contributed by atoms with Crippen LogP contribution >= 0.6 is 0 Å². The van der Waals surface area contributed by atoms with E-state index in [0.717, 1.165) is 35.8 Å². The van der Waals surface area contributed by atoms with Gasteiger partial charge in [-0.3, -0.25) is 4.79 Å². The molecule has 25 heavy (non-hydrogen) atoms. The molecule has 1 amide bonds. The maximum atomic E-state index is 12.0. The summed E-state index contributed by atoms with van der Waals surface area (Å²) in [4.78, 5) is 12.0. The number of aryl methyl sites for hydroxylation is 1. The maximum absolute atomic E-state index is 12.0. The maximum Gasteiger partial charge on any atom is 0.244 e. The van der Waals surface area contributed by atoms with Gasteiger partial charge >= 0.3 is 0 Å². The molecule has 1 N–H and O–H groups in total. The van der Waals surface area contributed by atoms with E-state index in [1.807, 2.05) is 42.8 Å². The first-order valence-electron chi connectivity index (χ1n) is 8.69. The Morgan fingerprint density at radius 2 is 2.16 bits per heavy atom. The number of carbonyl (C=O) groups excluding carboxylic acids is 1. The number of amides is 1. The molecule has 3 rings (SSSR count). The van der Waals surface area contributed by atoms with Gasteiger partial charge in [-0.15, -0.1) is 10.2 Å². The van der Waals surface area contributed by atoms with Gasteiger partial charge in [0.05, 0.1) is 12.6 Å². The first-order valence-corrected chi connectivity index (χ1v) is 8.69. The molecule has 1 aromatic heterocycles. The molecule has 1 aliphatic carbocycles. The monoisotopic (exact) mass is 340 g/mol. The van der Waals surface area contributed by atoms with Crippen LogP contribution < -0.4 is 10.1 Å². The van der Waals surface area contributed by atoms with Gasteiger partial charge in [0.15, 0.2) is 5.82 Å². The second kappa shape index (κ2) is 7.96. The van der Waals surface area contributed by atoms with Gasteiger partial charge in [-0.25, -0.2) is 0 Å². The molecule has 6 nitrogen and oxygen atoms in total. The largest absolute Gasteiger partial charge is 0.490 e. The molecule has 0 bridgehead atoms. The Morgan fingerprint density at radius 1 is 1.36 bits per heavy atom. The van der Waals surface area contributed by atoms with Crippen LogP contribution in [0.1, 0.15) is 42.9 Å². The zero-order valence-electron chi connectivity index (χ0n) is 14.7. The van der Waals surface area contributed by atoms with E-state index in [2.05, 4.69) is 15.5 Å². The Kier molecular flexibility index (Phi) is 5.48. The Labute approximate surface area is 147 Å². The van der Waals surface area contributed by atoms with Gasteiger partial charge in [0.25, 0.3) is 0 Å². The average molecular weight is 340 g/mol. The fraction of sp³-hybridized carbons (Fsp3) is 0.421. The summed E-state index contributed by atoms with van der Waals surface area (Å²) in [6.07, 6.45) is 8.40. The number of benzene rings is 1. The van der Waals surface area contributed by atoms with Crippen LogP contribution in [0.4, 0.5) is 0 Å². The lowest BCUT2D eigenvalue weighted by molar-refractivity contribution is -0.116. The first-order chi connectivity index (χ1) is 12.1. The molecule has 0 atom stereocenters. The van der Waals surface area contributed by atoms with Crippen molar-refractivity contribution < 1.29 is 9.53 Å². The van der Waals surface area contributed by atoms with Crippen molar-refractivity contribution in [1.29, 1.82) is 0 Å². The summed E-state index contributed by atoms with van der Waals surface area (Å²) in [7, 11) is 1.88. The van der Waals surface area contributed by atoms with Crippen molar-refractivity contribution in [3.63, 3.8) is 0 Å². The normalized spacial score (nSPS) is 15.0. The van der Waals surface area contributed by atoms with E-state index < -0.39 is 0 Å². The van der Waals surface area contributed by atoms with E-state index in [1.165, 1.54) is 18.9 Å². The summed E-state index contributed by atoms with van der Waals surface area (Å²) in [5, 5.41) is 10.8. The Bertz CT molecular complexity index is 761. The molecule has 0 saturated heterocycles. The van der Waals surface area contributed by atoms with Gasteiger partial charge in [-0.1, -0.05) is 12.1 Å². The zero-order chi connectivity index (χ0) is 17.6. The van der Waals surface area contributed by atoms with E-state index in [-0.39, 0.29) is 5.91 Å². The second-order valence-corrected chi connectivity index (χ2v) is 6.37. The molecule has 0 radical (unpaired) electrons. The van der Waals surface area contributed by atoms with Crippen LogP contribution in [-0.2, 0) is 18.4 Å². The Hall–Kier alpha value is -2.63. The number of rotatable bonds is 6. The molecule has 132 valence electrons. The summed E-state index contributed by atoms with van der Waals surface area (Å²) in [5.41, 5.74) is 0.945. The SMILES string of the molecule is Cc1nnc(CNC(=O)/C=C/c2cccc(OC3CCCC3)c2)n1C. The van der Waals surface area contributed by atoms with Gasteiger partial charge in [0.2, 0.25) is 5.91 Å². The predicted molar refractivity (Wildman–Crippen MR) is 95.9 cm³/mol. The first kappa shape index (κ1) is 17.2. The van der Waals surface area contributed by atoms with Crippen LogP contribution in [0.25, 0.3) is 6.08 Å². The molecule has 6 heteroatoms. The lowest BCUT2D eigenvalue weighted by Gasteiger charge is -2.13. The second-order valence-electron chi connectivity index (χ2n) is 6.37. The van der Waals surface area contributed by atoms with Gasteiger partial charge in [0, 0.05) is 13.1 Å². The van der Waals surface area contributed by atoms with Gasteiger partial charge in [-0.2, -0.15) is 0 Å². The highest BCUT2D eigenvalue weighted by molar-refractivity contribution is 5.91. The number of nitrogens with zero attached hydrogens (tertiary/aromatic N) is 3. The highest BCUT2D eigenvalue weighted by Gasteiger charge is 2.16. The number of carbonyl (C=O) groups is 1. The molecule has 1 fully saturated rings. The molecule has 1 aliphatic rings. The molecule has 1 aromatic carbocycles. The predicted octanol–water partition coefficient (Wildman–Crippen LogP) is 2.77. The summed E-state index contributed by atoms with van der Waals surface area (Å²) >= 11 is 0. The van der Waals surface area contributed by atoms with Crippen LogP contribution in [0, 0.1) is 6.92 Å². The topological polar surface area (TPSA) is 69.0 Å². The van der Waals surface area contributed by atoms with Gasteiger partial charge < -0.3 is 14.6 Å². The summed E-state index contributed by atoms with van der Waals surface area (Å²) in [6.45, 7) is 2.23. The Morgan fingerprint density at radius 3 is 2.88 bits per heavy atom. The third kappa shape index (κ3) is 4.68. The van der Waals surface area contributed by atoms with E-state index in [4.69, 9.17) is 4.74 Å². The van der Waals surface area contributed by atoms with Crippen molar-refractivity contribution in [2.75, 3.05) is 0 Å². The average Bonchev–Trinajstić information content (AvgIpc) is 3.23. The molecule has 1 heterocycles. The summed E-state index contributed by atoms with van der Waals surface area (Å²) in [5.74, 6) is 2.25. The number of hydrogen-bond acceptors (Lipinski definition) is 4. The molecule has 0 spiro atoms. The standard InChI is InChI=1S/C19H24N4O2/c1-14-21-22-18(23(14)2)13-20-19(24)11-10-15-6-5-9-17(12-15)25-16-7-3-4-8-16/h5-6,9-12,16H,3-4,7-8,13H2,1-2H3,(H,20,24)/b11-10+. The van der Waals surface area contributed by atoms with Crippen molar-refractivity contribution in [3.8, 4) is 5.75 Å². The third-order valence-electron chi connectivity index (χ3n) is 4.49. The molecule has 0 unspecified atom stereocenters. The van der Waals surface area contributed by atoms with E-state index in [9.17, 15) is 4.79 Å². The molecule has 2 aromatic rings. The van der Waals surface area contributed by atoms with Crippen molar-refractivity contribution in [2.45, 2.75) is 45.3 Å². The zero-order valence-corrected chi connectivity index (χ0v) is 14.7. The number of ether oxygens (including phenoxy) is 1. The molecule has 1 saturated carbocycles. The van der Waals surface area contributed by atoms with E-state index in [1.54, 1.807) is 6.08 Å². The minimum absolute atomic E-state index is 0.164. The van der Waals surface area contributed by atoms with Crippen molar-refractivity contribution >= 4 is 12.0 Å². The third-order valence-corrected chi connectivity index (χ3v) is 4.49. The fourth-order valence-corrected chi connectivity index (χ4v) is 2.89. The highest BCUT2D eigenvalue weighted by Crippen LogP contribution is 2.24. The van der Waals surface area contributed by atoms with Crippen LogP contribution in [0.3, 0.4) is 0 Å². The number of nitrogens with one attached hydrogen (secondary N) is 1. The molecule has 0 aliphatic heterocycles. The summed E-state index contributed by atoms with van der Waals surface area (Å²) < 4.78 is 7.85. The fourth-order valence-electron chi connectivity index (χ4n) is 2.89. The number of hydrogen-bond donors (Lipinski definition) is 1. The van der Waals surface area contributed by atoms with Crippen LogP contribution in [0.2, 0.25) is 0 Å². The van der Waals surface area contributed by atoms with Crippen LogP contribution in [-0.4, -0.2) is 26.8 Å².